The van der Waals surface area contributed by atoms with E-state index < -0.39 is 0 Å². The van der Waals surface area contributed by atoms with E-state index in [4.69, 9.17) is 16.3 Å². The molecule has 3 heterocycles. The molecular weight excluding hydrogens is 316 g/mol. The maximum absolute atomic E-state index is 12.2. The van der Waals surface area contributed by atoms with Crippen LogP contribution in [0.2, 0.25) is 5.15 Å². The average Bonchev–Trinajstić information content (AvgIpc) is 2.97. The van der Waals surface area contributed by atoms with E-state index in [0.29, 0.717) is 24.0 Å². The fourth-order valence-electron chi connectivity index (χ4n) is 3.00. The summed E-state index contributed by atoms with van der Waals surface area (Å²) >= 11 is 6.39. The Labute approximate surface area is 140 Å². The van der Waals surface area contributed by atoms with Crippen molar-refractivity contribution < 1.29 is 9.53 Å². The molecule has 6 nitrogen and oxygen atoms in total. The molecule has 7 heteroatoms. The maximum Gasteiger partial charge on any atom is 0.410 e. The number of amides is 1. The highest BCUT2D eigenvalue weighted by Gasteiger charge is 2.31. The van der Waals surface area contributed by atoms with Gasteiger partial charge in [0.1, 0.15) is 5.15 Å². The highest BCUT2D eigenvalue weighted by molar-refractivity contribution is 6.30. The third-order valence-corrected chi connectivity index (χ3v) is 4.82. The minimum Gasteiger partial charge on any atom is -0.450 e. The van der Waals surface area contributed by atoms with Gasteiger partial charge in [-0.1, -0.05) is 11.6 Å². The van der Waals surface area contributed by atoms with Gasteiger partial charge in [0.15, 0.2) is 5.65 Å². The second kappa shape index (κ2) is 6.35. The van der Waals surface area contributed by atoms with Gasteiger partial charge in [0, 0.05) is 23.9 Å². The van der Waals surface area contributed by atoms with Crippen LogP contribution in [0.15, 0.2) is 6.07 Å². The first-order valence-electron chi connectivity index (χ1n) is 7.98. The number of carbonyl (C=O) groups is 1. The van der Waals surface area contributed by atoms with Crippen molar-refractivity contribution in [3.05, 3.63) is 28.2 Å². The molecule has 1 aliphatic rings. The maximum atomic E-state index is 12.2. The normalized spacial score (nSPS) is 18.4. The number of hydrogen-bond acceptors (Lipinski definition) is 4. The molecule has 0 unspecified atom stereocenters. The Morgan fingerprint density at radius 3 is 2.96 bits per heavy atom. The number of rotatable bonds is 2. The minimum atomic E-state index is -0.277. The zero-order valence-electron chi connectivity index (χ0n) is 13.7. The lowest BCUT2D eigenvalue weighted by atomic mass is 10.00. The van der Waals surface area contributed by atoms with Crippen LogP contribution < -0.4 is 0 Å². The fourth-order valence-corrected chi connectivity index (χ4v) is 3.26. The number of piperidine rings is 1. The van der Waals surface area contributed by atoms with E-state index in [0.717, 1.165) is 36.2 Å². The van der Waals surface area contributed by atoms with Crippen LogP contribution in [0, 0.1) is 13.8 Å². The van der Waals surface area contributed by atoms with Crippen LogP contribution in [0.1, 0.15) is 49.2 Å². The molecule has 1 amide bonds. The summed E-state index contributed by atoms with van der Waals surface area (Å²) in [6.45, 7) is 6.74. The first-order valence-corrected chi connectivity index (χ1v) is 8.36. The van der Waals surface area contributed by atoms with Crippen molar-refractivity contribution in [3.63, 3.8) is 0 Å². The number of aryl methyl sites for hydroxylation is 1. The lowest BCUT2D eigenvalue weighted by molar-refractivity contribution is 0.0755. The Morgan fingerprint density at radius 2 is 2.22 bits per heavy atom. The number of nitrogens with zero attached hydrogens (tertiary/aromatic N) is 4. The molecule has 23 heavy (non-hydrogen) atoms. The van der Waals surface area contributed by atoms with E-state index in [2.05, 4.69) is 10.1 Å². The minimum absolute atomic E-state index is 0.0822. The fraction of sp³-hybridized carbons (Fsp3) is 0.562. The van der Waals surface area contributed by atoms with E-state index in [9.17, 15) is 4.79 Å². The van der Waals surface area contributed by atoms with E-state index in [1.807, 2.05) is 26.8 Å². The van der Waals surface area contributed by atoms with Gasteiger partial charge in [-0.3, -0.25) is 4.90 Å². The van der Waals surface area contributed by atoms with Crippen LogP contribution in [0.25, 0.3) is 5.65 Å². The molecule has 1 saturated heterocycles. The van der Waals surface area contributed by atoms with Crippen molar-refractivity contribution in [2.24, 2.45) is 0 Å². The van der Waals surface area contributed by atoms with Crippen LogP contribution in [0.4, 0.5) is 4.79 Å². The van der Waals surface area contributed by atoms with E-state index >= 15 is 0 Å². The Bertz CT molecular complexity index is 743. The quantitative estimate of drug-likeness (QED) is 0.785. The summed E-state index contributed by atoms with van der Waals surface area (Å²) < 4.78 is 6.83. The van der Waals surface area contributed by atoms with Crippen LogP contribution in [-0.4, -0.2) is 38.7 Å². The van der Waals surface area contributed by atoms with Crippen molar-refractivity contribution in [2.75, 3.05) is 13.2 Å². The molecule has 3 rings (SSSR count). The number of halogens is 1. The summed E-state index contributed by atoms with van der Waals surface area (Å²) in [5, 5.41) is 5.17. The molecule has 0 spiro atoms. The van der Waals surface area contributed by atoms with Gasteiger partial charge in [0.2, 0.25) is 0 Å². The summed E-state index contributed by atoms with van der Waals surface area (Å²) in [6.07, 6.45) is 2.65. The van der Waals surface area contributed by atoms with Gasteiger partial charge >= 0.3 is 6.09 Å². The van der Waals surface area contributed by atoms with Crippen LogP contribution in [-0.2, 0) is 4.74 Å². The predicted octanol–water partition coefficient (Wildman–Crippen LogP) is 3.68. The average molecular weight is 337 g/mol. The zero-order chi connectivity index (χ0) is 16.6. The van der Waals surface area contributed by atoms with Crippen molar-refractivity contribution in [3.8, 4) is 0 Å². The van der Waals surface area contributed by atoms with E-state index in [1.54, 1.807) is 9.42 Å². The molecule has 0 N–H and O–H groups in total. The van der Waals surface area contributed by atoms with Crippen LogP contribution in [0.5, 0.6) is 0 Å². The van der Waals surface area contributed by atoms with Gasteiger partial charge in [0.05, 0.1) is 18.3 Å². The molecule has 1 fully saturated rings. The Kier molecular flexibility index (Phi) is 4.43. The predicted molar refractivity (Wildman–Crippen MR) is 87.8 cm³/mol. The third kappa shape index (κ3) is 2.87. The van der Waals surface area contributed by atoms with Gasteiger partial charge in [-0.05, 0) is 40.0 Å². The number of fused-ring (bicyclic) bond motifs is 1. The molecule has 0 radical (unpaired) electrons. The topological polar surface area (TPSA) is 59.7 Å². The first-order chi connectivity index (χ1) is 11.0. The smallest absolute Gasteiger partial charge is 0.410 e. The monoisotopic (exact) mass is 336 g/mol. The van der Waals surface area contributed by atoms with E-state index in [-0.39, 0.29) is 12.1 Å². The van der Waals surface area contributed by atoms with E-state index in [1.165, 1.54) is 0 Å². The van der Waals surface area contributed by atoms with Gasteiger partial charge < -0.3 is 4.74 Å². The van der Waals surface area contributed by atoms with Gasteiger partial charge in [-0.15, -0.1) is 0 Å². The molecule has 2 aromatic rings. The zero-order valence-corrected chi connectivity index (χ0v) is 14.4. The number of ether oxygens (including phenoxy) is 1. The molecule has 1 atom stereocenters. The van der Waals surface area contributed by atoms with Crippen LogP contribution >= 0.6 is 11.6 Å². The molecule has 0 saturated carbocycles. The van der Waals surface area contributed by atoms with Crippen molar-refractivity contribution in [1.82, 2.24) is 19.5 Å². The Balaban J connectivity index is 2.00. The molecule has 2 aromatic heterocycles. The molecule has 0 aromatic carbocycles. The summed E-state index contributed by atoms with van der Waals surface area (Å²) in [7, 11) is 0. The second-order valence-corrected chi connectivity index (χ2v) is 6.21. The summed E-state index contributed by atoms with van der Waals surface area (Å²) in [4.78, 5) is 18.5. The SMILES string of the molecule is CCOC(=O)N1CCCC[C@H]1c1cc2nc(C)c(C)c(Cl)n2n1. The number of likely N-dealkylation sites (tertiary alicyclic amines) is 1. The standard InChI is InChI=1S/C16H21ClN4O2/c1-4-23-16(22)20-8-6-5-7-13(20)12-9-14-18-11(3)10(2)15(17)21(14)19-12/h9,13H,4-8H2,1-3H3/t13-/m0/s1. The second-order valence-electron chi connectivity index (χ2n) is 5.86. The number of aromatic nitrogens is 3. The highest BCUT2D eigenvalue weighted by Crippen LogP contribution is 2.32. The summed E-state index contributed by atoms with van der Waals surface area (Å²) in [5.74, 6) is 0. The van der Waals surface area contributed by atoms with Crippen molar-refractivity contribution >= 4 is 23.3 Å². The lowest BCUT2D eigenvalue weighted by Gasteiger charge is -2.33. The summed E-state index contributed by atoms with van der Waals surface area (Å²) in [5.41, 5.74) is 3.33. The van der Waals surface area contributed by atoms with Gasteiger partial charge in [-0.25, -0.2) is 14.3 Å². The van der Waals surface area contributed by atoms with Crippen molar-refractivity contribution in [1.29, 1.82) is 0 Å². The lowest BCUT2D eigenvalue weighted by Crippen LogP contribution is -2.39. The largest absolute Gasteiger partial charge is 0.450 e. The Morgan fingerprint density at radius 1 is 1.43 bits per heavy atom. The van der Waals surface area contributed by atoms with Crippen molar-refractivity contribution in [2.45, 2.75) is 46.1 Å². The highest BCUT2D eigenvalue weighted by atomic mass is 35.5. The van der Waals surface area contributed by atoms with Crippen LogP contribution in [0.3, 0.4) is 0 Å². The Hall–Kier alpha value is -1.82. The molecule has 1 aliphatic heterocycles. The summed E-state index contributed by atoms with van der Waals surface area (Å²) in [6, 6.07) is 1.83. The number of hydrogen-bond donors (Lipinski definition) is 0. The first kappa shape index (κ1) is 16.1. The third-order valence-electron chi connectivity index (χ3n) is 4.38. The molecule has 124 valence electrons. The molecule has 0 bridgehead atoms. The van der Waals surface area contributed by atoms with Gasteiger partial charge in [0.25, 0.3) is 0 Å². The van der Waals surface area contributed by atoms with Gasteiger partial charge in [-0.2, -0.15) is 5.10 Å². The molecule has 0 aliphatic carbocycles. The number of carbonyl (C=O) groups excluding carboxylic acids is 1. The molecular formula is C16H21ClN4O2.